The number of aryl methyl sites for hydroxylation is 1. The molecule has 0 aliphatic carbocycles. The molecular formula is C19H26N4O3. The van der Waals surface area contributed by atoms with Gasteiger partial charge in [-0.3, -0.25) is 19.6 Å². The van der Waals surface area contributed by atoms with Crippen LogP contribution < -0.4 is 5.32 Å². The van der Waals surface area contributed by atoms with Gasteiger partial charge >= 0.3 is 5.69 Å². The zero-order valence-corrected chi connectivity index (χ0v) is 15.7. The molecule has 2 aromatic rings. The molecule has 1 amide bonds. The Kier molecular flexibility index (Phi) is 6.49. The third-order valence-electron chi connectivity index (χ3n) is 4.69. The molecule has 0 saturated carbocycles. The molecule has 140 valence electrons. The van der Waals surface area contributed by atoms with Crippen LogP contribution in [-0.2, 0) is 11.3 Å². The first-order valence-corrected chi connectivity index (χ1v) is 8.93. The van der Waals surface area contributed by atoms with Crippen molar-refractivity contribution < 1.29 is 9.72 Å². The maximum Gasteiger partial charge on any atom is 0.309 e. The first-order chi connectivity index (χ1) is 12.3. The van der Waals surface area contributed by atoms with Crippen LogP contribution in [0.5, 0.6) is 0 Å². The van der Waals surface area contributed by atoms with Crippen LogP contribution in [-0.4, -0.2) is 20.6 Å². The molecule has 0 saturated heterocycles. The van der Waals surface area contributed by atoms with Gasteiger partial charge in [0.25, 0.3) is 0 Å². The number of aromatic nitrogens is 2. The molecule has 1 aromatic carbocycles. The second-order valence-electron chi connectivity index (χ2n) is 6.56. The van der Waals surface area contributed by atoms with E-state index in [2.05, 4.69) is 48.5 Å². The van der Waals surface area contributed by atoms with E-state index in [-0.39, 0.29) is 24.2 Å². The van der Waals surface area contributed by atoms with E-state index < -0.39 is 4.92 Å². The van der Waals surface area contributed by atoms with Crippen molar-refractivity contribution in [2.45, 2.75) is 59.0 Å². The summed E-state index contributed by atoms with van der Waals surface area (Å²) in [6.07, 6.45) is 3.13. The Bertz CT molecular complexity index is 768. The number of amides is 1. The Labute approximate surface area is 153 Å². The first-order valence-electron chi connectivity index (χ1n) is 8.93. The van der Waals surface area contributed by atoms with Crippen molar-refractivity contribution in [3.63, 3.8) is 0 Å². The van der Waals surface area contributed by atoms with Gasteiger partial charge in [-0.2, -0.15) is 5.10 Å². The second-order valence-corrected chi connectivity index (χ2v) is 6.56. The van der Waals surface area contributed by atoms with Crippen molar-refractivity contribution in [2.75, 3.05) is 0 Å². The monoisotopic (exact) mass is 358 g/mol. The van der Waals surface area contributed by atoms with Gasteiger partial charge in [-0.15, -0.1) is 0 Å². The van der Waals surface area contributed by atoms with Gasteiger partial charge in [0.15, 0.2) is 0 Å². The van der Waals surface area contributed by atoms with E-state index in [0.717, 1.165) is 18.4 Å². The maximum atomic E-state index is 12.3. The van der Waals surface area contributed by atoms with Crippen molar-refractivity contribution in [2.24, 2.45) is 0 Å². The van der Waals surface area contributed by atoms with Crippen LogP contribution in [0.2, 0.25) is 0 Å². The van der Waals surface area contributed by atoms with E-state index in [1.807, 2.05) is 6.92 Å². The van der Waals surface area contributed by atoms with Crippen molar-refractivity contribution in [1.29, 1.82) is 0 Å². The molecule has 0 radical (unpaired) electrons. The summed E-state index contributed by atoms with van der Waals surface area (Å²) in [5.41, 5.74) is 2.56. The van der Waals surface area contributed by atoms with E-state index in [1.54, 1.807) is 6.92 Å². The molecule has 1 aromatic heterocycles. The largest absolute Gasteiger partial charge is 0.348 e. The molecule has 7 heteroatoms. The number of nitro groups is 1. The maximum absolute atomic E-state index is 12.3. The van der Waals surface area contributed by atoms with E-state index in [0.29, 0.717) is 11.6 Å². The number of nitrogens with zero attached hydrogens (tertiary/aromatic N) is 3. The molecule has 2 rings (SSSR count). The average Bonchev–Trinajstić information content (AvgIpc) is 2.99. The molecule has 1 heterocycles. The molecule has 0 spiro atoms. The smallest absolute Gasteiger partial charge is 0.309 e. The molecule has 0 aliphatic heterocycles. The second kappa shape index (κ2) is 8.60. The summed E-state index contributed by atoms with van der Waals surface area (Å²) in [5.74, 6) is 0.290. The Morgan fingerprint density at radius 2 is 1.85 bits per heavy atom. The van der Waals surface area contributed by atoms with Crippen LogP contribution in [0.25, 0.3) is 0 Å². The zero-order chi connectivity index (χ0) is 19.3. The van der Waals surface area contributed by atoms with Crippen LogP contribution in [0.15, 0.2) is 30.5 Å². The average molecular weight is 358 g/mol. The molecule has 0 bridgehead atoms. The molecule has 7 nitrogen and oxygen atoms in total. The van der Waals surface area contributed by atoms with Gasteiger partial charge in [-0.1, -0.05) is 45.0 Å². The van der Waals surface area contributed by atoms with Crippen LogP contribution in [0, 0.1) is 17.0 Å². The van der Waals surface area contributed by atoms with Crippen molar-refractivity contribution in [3.8, 4) is 0 Å². The molecule has 26 heavy (non-hydrogen) atoms. The fourth-order valence-electron chi connectivity index (χ4n) is 2.87. The van der Waals surface area contributed by atoms with Gasteiger partial charge in [0.1, 0.15) is 18.4 Å². The molecule has 0 fully saturated rings. The minimum atomic E-state index is -0.496. The Morgan fingerprint density at radius 1 is 1.23 bits per heavy atom. The third-order valence-corrected chi connectivity index (χ3v) is 4.69. The highest BCUT2D eigenvalue weighted by Gasteiger charge is 2.18. The van der Waals surface area contributed by atoms with Crippen LogP contribution in [0.1, 0.15) is 62.4 Å². The number of rotatable bonds is 8. The number of nitrogens with one attached hydrogen (secondary N) is 1. The Morgan fingerprint density at radius 3 is 2.35 bits per heavy atom. The Balaban J connectivity index is 2.04. The molecular weight excluding hydrogens is 332 g/mol. The van der Waals surface area contributed by atoms with E-state index >= 15 is 0 Å². The number of hydrogen-bond donors (Lipinski definition) is 1. The summed E-state index contributed by atoms with van der Waals surface area (Å²) in [5, 5.41) is 17.9. The van der Waals surface area contributed by atoms with E-state index in [4.69, 9.17) is 0 Å². The predicted molar refractivity (Wildman–Crippen MR) is 99.9 cm³/mol. The van der Waals surface area contributed by atoms with E-state index in [9.17, 15) is 14.9 Å². The lowest BCUT2D eigenvalue weighted by atomic mass is 9.95. The van der Waals surface area contributed by atoms with Gasteiger partial charge in [0.05, 0.1) is 11.0 Å². The summed E-state index contributed by atoms with van der Waals surface area (Å²) >= 11 is 0. The quantitative estimate of drug-likeness (QED) is 0.573. The number of benzene rings is 1. The topological polar surface area (TPSA) is 90.1 Å². The number of hydrogen-bond acceptors (Lipinski definition) is 4. The summed E-state index contributed by atoms with van der Waals surface area (Å²) in [6, 6.07) is 8.23. The fourth-order valence-corrected chi connectivity index (χ4v) is 2.87. The van der Waals surface area contributed by atoms with E-state index in [1.165, 1.54) is 16.4 Å². The molecule has 2 atom stereocenters. The summed E-state index contributed by atoms with van der Waals surface area (Å²) in [7, 11) is 0. The lowest BCUT2D eigenvalue weighted by Crippen LogP contribution is -2.31. The molecule has 2 unspecified atom stereocenters. The lowest BCUT2D eigenvalue weighted by molar-refractivity contribution is -0.385. The zero-order valence-electron chi connectivity index (χ0n) is 15.7. The van der Waals surface area contributed by atoms with Crippen molar-refractivity contribution >= 4 is 11.6 Å². The van der Waals surface area contributed by atoms with Crippen LogP contribution in [0.4, 0.5) is 5.69 Å². The van der Waals surface area contributed by atoms with Gasteiger partial charge in [0, 0.05) is 0 Å². The standard InChI is InChI=1S/C19H26N4O3/c1-5-13(3)15-7-9-16(10-8-15)17(6-2)20-19(24)12-22-11-18(23(25)26)14(4)21-22/h7-11,13,17H,5-6,12H2,1-4H3,(H,20,24). The fraction of sp³-hybridized carbons (Fsp3) is 0.474. The number of carbonyl (C=O) groups is 1. The third kappa shape index (κ3) is 4.68. The highest BCUT2D eigenvalue weighted by atomic mass is 16.6. The summed E-state index contributed by atoms with van der Waals surface area (Å²) < 4.78 is 1.31. The summed E-state index contributed by atoms with van der Waals surface area (Å²) in [6.45, 7) is 7.88. The van der Waals surface area contributed by atoms with Gasteiger partial charge < -0.3 is 5.32 Å². The molecule has 1 N–H and O–H groups in total. The predicted octanol–water partition coefficient (Wildman–Crippen LogP) is 3.88. The number of carbonyl (C=O) groups excluding carboxylic acids is 1. The minimum absolute atomic E-state index is 0.0455. The summed E-state index contributed by atoms with van der Waals surface area (Å²) in [4.78, 5) is 22.7. The first kappa shape index (κ1) is 19.6. The van der Waals surface area contributed by atoms with Gasteiger partial charge in [-0.25, -0.2) is 0 Å². The van der Waals surface area contributed by atoms with Crippen LogP contribution in [0.3, 0.4) is 0 Å². The minimum Gasteiger partial charge on any atom is -0.348 e. The Hall–Kier alpha value is -2.70. The highest BCUT2D eigenvalue weighted by molar-refractivity contribution is 5.76. The highest BCUT2D eigenvalue weighted by Crippen LogP contribution is 2.23. The normalized spacial score (nSPS) is 13.2. The van der Waals surface area contributed by atoms with Crippen LogP contribution >= 0.6 is 0 Å². The SMILES string of the molecule is CCC(C)c1ccc(C(CC)NC(=O)Cn2cc([N+](=O)[O-])c(C)n2)cc1. The van der Waals surface area contributed by atoms with Crippen molar-refractivity contribution in [1.82, 2.24) is 15.1 Å². The van der Waals surface area contributed by atoms with Gasteiger partial charge in [0.2, 0.25) is 5.91 Å². The lowest BCUT2D eigenvalue weighted by Gasteiger charge is -2.18. The van der Waals surface area contributed by atoms with Gasteiger partial charge in [-0.05, 0) is 36.8 Å². The van der Waals surface area contributed by atoms with Crippen molar-refractivity contribution in [3.05, 3.63) is 57.4 Å². The molecule has 0 aliphatic rings.